The van der Waals surface area contributed by atoms with Gasteiger partial charge in [0.15, 0.2) is 0 Å². The van der Waals surface area contributed by atoms with Crippen LogP contribution in [0.25, 0.3) is 11.5 Å². The van der Waals surface area contributed by atoms with Crippen LogP contribution in [-0.4, -0.2) is 14.8 Å². The van der Waals surface area contributed by atoms with Crippen LogP contribution in [-0.2, 0) is 0 Å². The molecule has 0 spiro atoms. The number of aromatic amines is 1. The van der Waals surface area contributed by atoms with Gasteiger partial charge in [-0.15, -0.1) is 5.10 Å². The zero-order valence-electron chi connectivity index (χ0n) is 9.76. The van der Waals surface area contributed by atoms with Crippen LogP contribution in [0.5, 0.6) is 0 Å². The Morgan fingerprint density at radius 3 is 2.89 bits per heavy atom. The molecule has 18 heavy (non-hydrogen) atoms. The van der Waals surface area contributed by atoms with Gasteiger partial charge in [0.1, 0.15) is 5.56 Å². The van der Waals surface area contributed by atoms with Gasteiger partial charge >= 0.3 is 0 Å². The Morgan fingerprint density at radius 2 is 2.22 bits per heavy atom. The Bertz CT molecular complexity index is 664. The molecule has 3 rings (SSSR count). The summed E-state index contributed by atoms with van der Waals surface area (Å²) in [4.78, 5) is 12.6. The van der Waals surface area contributed by atoms with Gasteiger partial charge in [-0.05, 0) is 37.2 Å². The van der Waals surface area contributed by atoms with Crippen molar-refractivity contribution in [3.63, 3.8) is 0 Å². The predicted molar refractivity (Wildman–Crippen MR) is 68.9 cm³/mol. The lowest BCUT2D eigenvalue weighted by Crippen LogP contribution is -2.24. The number of hydrogen-bond donors (Lipinski definition) is 1. The Kier molecular flexibility index (Phi) is 2.87. The first-order chi connectivity index (χ1) is 8.75. The molecule has 0 unspecified atom stereocenters. The molecule has 2 aromatic rings. The molecule has 0 atom stereocenters. The maximum atomic E-state index is 12.4. The SMILES string of the molecule is O=c1c(-c2n[nH]c(=S)o2)cccn1C1CCCC1. The van der Waals surface area contributed by atoms with Crippen LogP contribution < -0.4 is 5.56 Å². The molecule has 5 nitrogen and oxygen atoms in total. The number of hydrogen-bond acceptors (Lipinski definition) is 4. The molecule has 0 amide bonds. The summed E-state index contributed by atoms with van der Waals surface area (Å²) in [7, 11) is 0. The second-order valence-electron chi connectivity index (χ2n) is 4.49. The molecule has 1 saturated carbocycles. The molecule has 1 N–H and O–H groups in total. The van der Waals surface area contributed by atoms with Crippen LogP contribution in [0, 0.1) is 4.84 Å². The van der Waals surface area contributed by atoms with Crippen molar-refractivity contribution < 1.29 is 4.42 Å². The van der Waals surface area contributed by atoms with Crippen LogP contribution in [0.15, 0.2) is 27.5 Å². The van der Waals surface area contributed by atoms with E-state index in [4.69, 9.17) is 16.6 Å². The highest BCUT2D eigenvalue weighted by Gasteiger charge is 2.20. The van der Waals surface area contributed by atoms with Gasteiger partial charge in [0.05, 0.1) is 0 Å². The van der Waals surface area contributed by atoms with E-state index in [1.54, 1.807) is 10.6 Å². The molecule has 1 aliphatic rings. The number of aromatic nitrogens is 3. The van der Waals surface area contributed by atoms with Gasteiger partial charge in [-0.3, -0.25) is 4.79 Å². The Hall–Kier alpha value is -1.69. The van der Waals surface area contributed by atoms with Gasteiger partial charge in [-0.2, -0.15) is 0 Å². The third-order valence-corrected chi connectivity index (χ3v) is 3.54. The largest absolute Gasteiger partial charge is 0.409 e. The highest BCUT2D eigenvalue weighted by atomic mass is 32.1. The zero-order valence-corrected chi connectivity index (χ0v) is 10.6. The van der Waals surface area contributed by atoms with E-state index < -0.39 is 0 Å². The molecular weight excluding hydrogens is 250 g/mol. The maximum absolute atomic E-state index is 12.4. The molecular formula is C12H13N3O2S. The second-order valence-corrected chi connectivity index (χ2v) is 4.86. The molecule has 0 radical (unpaired) electrons. The van der Waals surface area contributed by atoms with E-state index in [0.29, 0.717) is 11.6 Å². The topological polar surface area (TPSA) is 63.8 Å². The van der Waals surface area contributed by atoms with Crippen LogP contribution >= 0.6 is 12.2 Å². The van der Waals surface area contributed by atoms with Crippen molar-refractivity contribution in [2.45, 2.75) is 31.7 Å². The lowest BCUT2D eigenvalue weighted by Gasteiger charge is -2.13. The molecule has 6 heteroatoms. The fourth-order valence-electron chi connectivity index (χ4n) is 2.49. The van der Waals surface area contributed by atoms with E-state index in [1.807, 2.05) is 12.3 Å². The van der Waals surface area contributed by atoms with Crippen molar-refractivity contribution in [3.05, 3.63) is 33.5 Å². The minimum absolute atomic E-state index is 0.0605. The van der Waals surface area contributed by atoms with Crippen LogP contribution in [0.3, 0.4) is 0 Å². The average molecular weight is 263 g/mol. The summed E-state index contributed by atoms with van der Waals surface area (Å²) < 4.78 is 6.99. The zero-order chi connectivity index (χ0) is 12.5. The average Bonchev–Trinajstić information content (AvgIpc) is 3.00. The maximum Gasteiger partial charge on any atom is 0.284 e. The molecule has 94 valence electrons. The fraction of sp³-hybridized carbons (Fsp3) is 0.417. The normalized spacial score (nSPS) is 16.2. The summed E-state index contributed by atoms with van der Waals surface area (Å²) in [5.74, 6) is 0.261. The number of rotatable bonds is 2. The van der Waals surface area contributed by atoms with Gasteiger partial charge in [0.2, 0.25) is 0 Å². The van der Waals surface area contributed by atoms with Crippen molar-refractivity contribution in [2.75, 3.05) is 0 Å². The lowest BCUT2D eigenvalue weighted by molar-refractivity contribution is 0.499. The summed E-state index contributed by atoms with van der Waals surface area (Å²) in [5, 5.41) is 6.44. The van der Waals surface area contributed by atoms with Gasteiger partial charge in [-0.25, -0.2) is 5.10 Å². The number of pyridine rings is 1. The van der Waals surface area contributed by atoms with Gasteiger partial charge < -0.3 is 8.98 Å². The quantitative estimate of drug-likeness (QED) is 0.846. The van der Waals surface area contributed by atoms with Gasteiger partial charge in [-0.1, -0.05) is 12.8 Å². The van der Waals surface area contributed by atoms with E-state index >= 15 is 0 Å². The molecule has 1 aliphatic carbocycles. The smallest absolute Gasteiger partial charge is 0.284 e. The summed E-state index contributed by atoms with van der Waals surface area (Å²) in [6.45, 7) is 0. The molecule has 0 bridgehead atoms. The van der Waals surface area contributed by atoms with Crippen LogP contribution in [0.2, 0.25) is 0 Å². The van der Waals surface area contributed by atoms with Crippen LogP contribution in [0.1, 0.15) is 31.7 Å². The van der Waals surface area contributed by atoms with E-state index in [-0.39, 0.29) is 16.3 Å². The Labute approximate surface area is 108 Å². The number of nitrogens with one attached hydrogen (secondary N) is 1. The fourth-order valence-corrected chi connectivity index (χ4v) is 2.61. The monoisotopic (exact) mass is 263 g/mol. The van der Waals surface area contributed by atoms with Crippen molar-refractivity contribution >= 4 is 12.2 Å². The number of H-pyrrole nitrogens is 1. The second kappa shape index (κ2) is 4.53. The molecule has 0 aliphatic heterocycles. The third-order valence-electron chi connectivity index (χ3n) is 3.36. The van der Waals surface area contributed by atoms with Crippen molar-refractivity contribution in [2.24, 2.45) is 0 Å². The highest BCUT2D eigenvalue weighted by Crippen LogP contribution is 2.28. The van der Waals surface area contributed by atoms with Crippen molar-refractivity contribution in [3.8, 4) is 11.5 Å². The molecule has 2 aromatic heterocycles. The minimum Gasteiger partial charge on any atom is -0.409 e. The van der Waals surface area contributed by atoms with E-state index in [9.17, 15) is 4.79 Å². The van der Waals surface area contributed by atoms with Gasteiger partial charge in [0.25, 0.3) is 16.3 Å². The summed E-state index contributed by atoms with van der Waals surface area (Å²) in [6, 6.07) is 3.87. The standard InChI is InChI=1S/C12H13N3O2S/c16-11-9(10-13-14-12(18)17-10)6-3-7-15(11)8-4-1-2-5-8/h3,6-8H,1-2,4-5H2,(H,14,18). The highest BCUT2D eigenvalue weighted by molar-refractivity contribution is 7.71. The molecule has 2 heterocycles. The first-order valence-electron chi connectivity index (χ1n) is 6.03. The molecule has 0 aromatic carbocycles. The van der Waals surface area contributed by atoms with E-state index in [1.165, 1.54) is 12.8 Å². The Morgan fingerprint density at radius 1 is 1.44 bits per heavy atom. The molecule has 0 saturated heterocycles. The summed E-state index contributed by atoms with van der Waals surface area (Å²) in [5.41, 5.74) is 0.395. The minimum atomic E-state index is -0.0605. The van der Waals surface area contributed by atoms with Crippen molar-refractivity contribution in [1.82, 2.24) is 14.8 Å². The first-order valence-corrected chi connectivity index (χ1v) is 6.43. The van der Waals surface area contributed by atoms with E-state index in [2.05, 4.69) is 10.2 Å². The van der Waals surface area contributed by atoms with Gasteiger partial charge in [0, 0.05) is 12.2 Å². The molecule has 1 fully saturated rings. The van der Waals surface area contributed by atoms with Crippen molar-refractivity contribution in [1.29, 1.82) is 0 Å². The third kappa shape index (κ3) is 1.92. The number of nitrogens with zero attached hydrogens (tertiary/aromatic N) is 2. The van der Waals surface area contributed by atoms with Crippen LogP contribution in [0.4, 0.5) is 0 Å². The summed E-state index contributed by atoms with van der Waals surface area (Å²) in [6.07, 6.45) is 6.33. The predicted octanol–water partition coefficient (Wildman–Crippen LogP) is 2.68. The lowest BCUT2D eigenvalue weighted by atomic mass is 10.2. The van der Waals surface area contributed by atoms with E-state index in [0.717, 1.165) is 12.8 Å². The first kappa shape index (κ1) is 11.4. The Balaban J connectivity index is 2.09. The summed E-state index contributed by atoms with van der Waals surface area (Å²) >= 11 is 4.82.